The summed E-state index contributed by atoms with van der Waals surface area (Å²) in [6, 6.07) is -8.79. The van der Waals surface area contributed by atoms with E-state index in [-0.39, 0.29) is 30.2 Å². The lowest BCUT2D eigenvalue weighted by Crippen LogP contribution is -2.64. The van der Waals surface area contributed by atoms with Crippen LogP contribution in [0.3, 0.4) is 0 Å². The molecule has 1 aromatic rings. The molecular weight excluding hydrogens is 1280 g/mol. The summed E-state index contributed by atoms with van der Waals surface area (Å²) >= 11 is 0. The van der Waals surface area contributed by atoms with Gasteiger partial charge in [0.15, 0.2) is 5.60 Å². The molecule has 2 fully saturated rings. The smallest absolute Gasteiger partial charge is 0.329 e. The minimum absolute atomic E-state index is 0.0868. The van der Waals surface area contributed by atoms with E-state index >= 15 is 19.2 Å². The van der Waals surface area contributed by atoms with Crippen molar-refractivity contribution in [3.05, 3.63) is 65.4 Å². The third-order valence-electron chi connectivity index (χ3n) is 16.8. The van der Waals surface area contributed by atoms with Gasteiger partial charge < -0.3 is 104 Å². The number of ether oxygens (including phenoxy) is 3. The molecule has 1 aromatic carbocycles. The van der Waals surface area contributed by atoms with Crippen LogP contribution < -0.4 is 58.9 Å². The maximum absolute atomic E-state index is 15.3. The van der Waals surface area contributed by atoms with Gasteiger partial charge in [0.2, 0.25) is 59.1 Å². The van der Waals surface area contributed by atoms with Crippen molar-refractivity contribution < 1.29 is 102 Å². The zero-order valence-corrected chi connectivity index (χ0v) is 57.9. The van der Waals surface area contributed by atoms with Crippen molar-refractivity contribution in [2.75, 3.05) is 40.5 Å². The number of phenols is 1. The summed E-state index contributed by atoms with van der Waals surface area (Å²) in [5.41, 5.74) is 3.63. The number of nitrogens with zero attached hydrogens (tertiary/aromatic N) is 1. The molecule has 2 heterocycles. The van der Waals surface area contributed by atoms with E-state index < -0.39 is 204 Å². The van der Waals surface area contributed by atoms with E-state index in [1.54, 1.807) is 6.92 Å². The number of hydrogen-bond acceptors (Lipinski definition) is 21. The standard InChI is InChI=1S/C65H100N12O21/c1-15-32(5)27-33(6)20-25-44(81)65(12,95)64(94)68-29-46(83)72-48(37(10)78)59(89)70-41(16-2)57(87)73-47(34(7)35(8)54(66)84)58(88)75-50-52(31(3)4)98-63(93)43-19-17-18-26-77(43)62(92)51(53(97-14)39-21-23-40(80)24-22-39)76-60(90)49(38(11)79)74-55(85)36(9)69-45(82)28-67-56(86)42(30-96-13)71-61(50)91/h16,20-25,27,31-32,34-38,42-44,47-53,78-81,95H,15,17-19,26,28-30H2,1-14H3,(H2,66,84)(H,67,86)(H,68,94)(H,69,82)(H,70,89)(H,71,91)(H,72,83)(H,73,87)(H,74,85)(H,75,88)(H,76,90)/b25-20-,33-27+,41-16-/t32-,34+,35-,36+,37-,38-,42-,43+,44+,47-,48+,49+,50+,51-,52-,53+,65+/m1/s1. The number of esters is 1. The van der Waals surface area contributed by atoms with Gasteiger partial charge in [-0.1, -0.05) is 90.0 Å². The van der Waals surface area contributed by atoms with Gasteiger partial charge in [-0.05, 0) is 96.3 Å². The Labute approximate surface area is 569 Å². The quantitative estimate of drug-likeness (QED) is 0.0243. The van der Waals surface area contributed by atoms with Crippen molar-refractivity contribution in [2.45, 2.75) is 193 Å². The number of aliphatic hydroxyl groups is 4. The summed E-state index contributed by atoms with van der Waals surface area (Å²) in [5, 5.41) is 76.9. The summed E-state index contributed by atoms with van der Waals surface area (Å²) < 4.78 is 17.3. The molecule has 2 saturated heterocycles. The molecular formula is C65H100N12O21. The van der Waals surface area contributed by atoms with Crippen LogP contribution in [0.25, 0.3) is 0 Å². The predicted molar refractivity (Wildman–Crippen MR) is 351 cm³/mol. The van der Waals surface area contributed by atoms with Crippen molar-refractivity contribution >= 4 is 76.9 Å². The highest BCUT2D eigenvalue weighted by Crippen LogP contribution is 2.29. The van der Waals surface area contributed by atoms with Crippen molar-refractivity contribution in [1.29, 1.82) is 0 Å². The fourth-order valence-corrected chi connectivity index (χ4v) is 10.4. The molecule has 3 rings (SSSR count). The summed E-state index contributed by atoms with van der Waals surface area (Å²) in [5.74, 6) is -18.1. The molecule has 98 heavy (non-hydrogen) atoms. The average Bonchev–Trinajstić information content (AvgIpc) is 0.801. The maximum atomic E-state index is 15.3. The van der Waals surface area contributed by atoms with Crippen LogP contribution in [0.4, 0.5) is 0 Å². The SMILES string of the molecule is C/C=C(\NC(=O)[C@@H](NC(=O)CNC(=O)[C@@](C)(O)[C@@H](O)/C=C\C(C)=C\[C@H](C)CC)[C@@H](C)O)C(=O)N[C@@H](C(=O)N[C@@H]1C(=O)N[C@H](COC)C(=O)NCC(=O)N[C@@H](C)C(=O)N[C@@H]([C@@H](C)O)C(=O)N[C@H]([C@@H](OC)c2ccc(O)cc2)C(=O)N2CCCC[C@H]2C(=O)O[C@@H]1C(C)C)[C@@H](C)[C@@H](C)C(N)=O. The number of carbonyl (C=O) groups excluding carboxylic acids is 13. The van der Waals surface area contributed by atoms with E-state index in [0.717, 1.165) is 43.9 Å². The summed E-state index contributed by atoms with van der Waals surface area (Å²) in [4.78, 5) is 184. The molecule has 0 saturated carbocycles. The molecule has 0 radical (unpaired) electrons. The zero-order valence-electron chi connectivity index (χ0n) is 57.9. The largest absolute Gasteiger partial charge is 0.508 e. The van der Waals surface area contributed by atoms with E-state index in [1.807, 2.05) is 19.9 Å². The number of hydrogen-bond donors (Lipinski definition) is 16. The fourth-order valence-electron chi connectivity index (χ4n) is 10.4. The van der Waals surface area contributed by atoms with Crippen LogP contribution in [0, 0.1) is 23.7 Å². The third-order valence-corrected chi connectivity index (χ3v) is 16.8. The van der Waals surface area contributed by atoms with E-state index in [4.69, 9.17) is 19.9 Å². The Morgan fingerprint density at radius 3 is 2.03 bits per heavy atom. The van der Waals surface area contributed by atoms with Gasteiger partial charge in [0, 0.05) is 26.7 Å². The molecule has 0 bridgehead atoms. The summed E-state index contributed by atoms with van der Waals surface area (Å²) in [6.45, 7) is 14.6. The highest BCUT2D eigenvalue weighted by Gasteiger charge is 2.47. The third kappa shape index (κ3) is 24.0. The summed E-state index contributed by atoms with van der Waals surface area (Å²) in [7, 11) is 2.36. The van der Waals surface area contributed by atoms with Gasteiger partial charge in [0.1, 0.15) is 78.1 Å². The second kappa shape index (κ2) is 38.9. The second-order valence-electron chi connectivity index (χ2n) is 25.1. The van der Waals surface area contributed by atoms with Gasteiger partial charge in [0.25, 0.3) is 11.8 Å². The van der Waals surface area contributed by atoms with Crippen LogP contribution in [-0.4, -0.2) is 226 Å². The lowest BCUT2D eigenvalue weighted by molar-refractivity contribution is -0.168. The van der Waals surface area contributed by atoms with Crippen molar-refractivity contribution in [2.24, 2.45) is 29.4 Å². The van der Waals surface area contributed by atoms with Crippen molar-refractivity contribution in [1.82, 2.24) is 58.1 Å². The number of methoxy groups -OCH3 is 2. The molecule has 546 valence electrons. The zero-order chi connectivity index (χ0) is 74.2. The molecule has 17 atom stereocenters. The van der Waals surface area contributed by atoms with Crippen LogP contribution >= 0.6 is 0 Å². The first-order valence-electron chi connectivity index (χ1n) is 32.3. The number of phenolic OH excluding ortho intramolecular Hbond substituents is 1. The molecule has 12 amide bonds. The van der Waals surface area contributed by atoms with Crippen LogP contribution in [0.15, 0.2) is 59.8 Å². The van der Waals surface area contributed by atoms with Crippen LogP contribution in [0.5, 0.6) is 5.75 Å². The number of piperidine rings is 1. The monoisotopic (exact) mass is 1380 g/mol. The Balaban J connectivity index is 2.15. The first-order valence-corrected chi connectivity index (χ1v) is 32.3. The molecule has 0 aliphatic carbocycles. The maximum Gasteiger partial charge on any atom is 0.329 e. The van der Waals surface area contributed by atoms with Crippen LogP contribution in [0.1, 0.15) is 120 Å². The highest BCUT2D eigenvalue weighted by molar-refractivity contribution is 6.03. The van der Waals surface area contributed by atoms with E-state index in [2.05, 4.69) is 53.2 Å². The number of rotatable bonds is 26. The fraction of sp³-hybridized carbons (Fsp3) is 0.615. The normalized spacial score (nSPS) is 24.1. The molecule has 17 N–H and O–H groups in total. The van der Waals surface area contributed by atoms with Gasteiger partial charge in [-0.15, -0.1) is 0 Å². The number of amides is 12. The molecule has 2 aliphatic heterocycles. The highest BCUT2D eigenvalue weighted by atomic mass is 16.5. The molecule has 0 spiro atoms. The molecule has 0 aromatic heterocycles. The number of fused-ring (bicyclic) bond motifs is 1. The Morgan fingerprint density at radius 1 is 0.837 bits per heavy atom. The second-order valence-corrected chi connectivity index (χ2v) is 25.1. The van der Waals surface area contributed by atoms with Crippen molar-refractivity contribution in [3.63, 3.8) is 0 Å². The first kappa shape index (κ1) is 83.3. The summed E-state index contributed by atoms with van der Waals surface area (Å²) in [6.07, 6.45) is -1.20. The lowest BCUT2D eigenvalue weighted by Gasteiger charge is -2.40. The van der Waals surface area contributed by atoms with Gasteiger partial charge >= 0.3 is 5.97 Å². The van der Waals surface area contributed by atoms with Gasteiger partial charge in [0.05, 0.1) is 31.9 Å². The number of primary amides is 1. The average molecular weight is 1390 g/mol. The topological polar surface area (TPSA) is 500 Å². The number of cyclic esters (lactones) is 1. The van der Waals surface area contributed by atoms with Crippen LogP contribution in [-0.2, 0) is 76.5 Å². The number of benzene rings is 1. The Bertz CT molecular complexity index is 3100. The van der Waals surface area contributed by atoms with E-state index in [1.165, 1.54) is 92.0 Å². The number of nitrogens with one attached hydrogen (secondary N) is 10. The lowest BCUT2D eigenvalue weighted by atomic mass is 9.87. The minimum Gasteiger partial charge on any atom is -0.508 e. The molecule has 33 heteroatoms. The van der Waals surface area contributed by atoms with Gasteiger partial charge in [-0.25, -0.2) is 4.79 Å². The first-order chi connectivity index (χ1) is 45.9. The van der Waals surface area contributed by atoms with Gasteiger partial charge in [-0.3, -0.25) is 57.5 Å². The van der Waals surface area contributed by atoms with Gasteiger partial charge in [-0.2, -0.15) is 0 Å². The molecule has 2 aliphatic rings. The number of nitrogens with two attached hydrogens (primary N) is 1. The molecule has 33 nitrogen and oxygen atoms in total. The van der Waals surface area contributed by atoms with E-state index in [0.29, 0.717) is 12.8 Å². The predicted octanol–water partition coefficient (Wildman–Crippen LogP) is -3.47. The number of aliphatic hydroxyl groups excluding tert-OH is 3. The minimum atomic E-state index is -2.45. The van der Waals surface area contributed by atoms with Crippen molar-refractivity contribution in [3.8, 4) is 5.75 Å². The number of aromatic hydroxyl groups is 1. The molecule has 0 unspecified atom stereocenters. The van der Waals surface area contributed by atoms with E-state index in [9.17, 15) is 68.7 Å². The number of allylic oxidation sites excluding steroid dienone is 4. The number of carbonyl (C=O) groups is 13. The Morgan fingerprint density at radius 2 is 1.47 bits per heavy atom. The Kier molecular flexibility index (Phi) is 33.1. The van der Waals surface area contributed by atoms with Crippen LogP contribution in [0.2, 0.25) is 0 Å². The Hall–Kier alpha value is -8.89.